The first kappa shape index (κ1) is 17.3. The highest BCUT2D eigenvalue weighted by atomic mass is 19.1. The smallest absolute Gasteiger partial charge is 0.258 e. The first-order valence-corrected chi connectivity index (χ1v) is 8.59. The van der Waals surface area contributed by atoms with E-state index in [0.717, 1.165) is 19.3 Å². The molecule has 1 aromatic carbocycles. The minimum Gasteiger partial charge on any atom is -0.391 e. The van der Waals surface area contributed by atoms with E-state index in [1.165, 1.54) is 31.2 Å². The van der Waals surface area contributed by atoms with E-state index in [1.54, 1.807) is 4.90 Å². The maximum absolute atomic E-state index is 13.1. The minimum absolute atomic E-state index is 0.194. The third-order valence-corrected chi connectivity index (χ3v) is 5.34. The van der Waals surface area contributed by atoms with E-state index < -0.39 is 11.4 Å². The number of carbonyl (C=O) groups is 1. The Labute approximate surface area is 141 Å². The maximum atomic E-state index is 13.1. The van der Waals surface area contributed by atoms with Gasteiger partial charge in [-0.25, -0.2) is 4.39 Å². The molecular formula is C18H25FN2O3. The molecule has 3 unspecified atom stereocenters. The average molecular weight is 336 g/mol. The Bertz CT molecular complexity index is 582. The maximum Gasteiger partial charge on any atom is 0.258 e. The number of hydrogen-bond donors (Lipinski definition) is 2. The summed E-state index contributed by atoms with van der Waals surface area (Å²) in [5.41, 5.74) is -1.27. The van der Waals surface area contributed by atoms with Crippen LogP contribution in [-0.4, -0.2) is 64.2 Å². The first-order valence-electron chi connectivity index (χ1n) is 8.59. The minimum atomic E-state index is -1.66. The van der Waals surface area contributed by atoms with E-state index in [2.05, 4.69) is 4.90 Å². The zero-order chi connectivity index (χ0) is 17.3. The third-order valence-electron chi connectivity index (χ3n) is 5.34. The van der Waals surface area contributed by atoms with Crippen LogP contribution in [0, 0.1) is 5.82 Å². The summed E-state index contributed by atoms with van der Waals surface area (Å²) in [6.07, 6.45) is 2.63. The first-order chi connectivity index (χ1) is 11.4. The topological polar surface area (TPSA) is 64.0 Å². The summed E-state index contributed by atoms with van der Waals surface area (Å²) >= 11 is 0. The van der Waals surface area contributed by atoms with Gasteiger partial charge in [-0.2, -0.15) is 0 Å². The fourth-order valence-electron chi connectivity index (χ4n) is 3.81. The Morgan fingerprint density at radius 1 is 1.17 bits per heavy atom. The molecular weight excluding hydrogens is 311 g/mol. The number of aliphatic hydroxyl groups excluding tert-OH is 1. The van der Waals surface area contributed by atoms with Gasteiger partial charge in [0.15, 0.2) is 5.60 Å². The normalized spacial score (nSPS) is 27.9. The molecule has 1 saturated carbocycles. The van der Waals surface area contributed by atoms with Crippen molar-refractivity contribution < 1.29 is 19.4 Å². The Balaban J connectivity index is 1.63. The van der Waals surface area contributed by atoms with Crippen LogP contribution in [-0.2, 0) is 10.4 Å². The molecule has 5 nitrogen and oxygen atoms in total. The van der Waals surface area contributed by atoms with Gasteiger partial charge in [0.05, 0.1) is 6.10 Å². The van der Waals surface area contributed by atoms with Crippen LogP contribution >= 0.6 is 0 Å². The monoisotopic (exact) mass is 336 g/mol. The molecule has 1 aliphatic heterocycles. The molecule has 2 fully saturated rings. The number of halogens is 1. The zero-order valence-electron chi connectivity index (χ0n) is 14.0. The summed E-state index contributed by atoms with van der Waals surface area (Å²) in [5.74, 6) is -0.758. The molecule has 24 heavy (non-hydrogen) atoms. The van der Waals surface area contributed by atoms with E-state index >= 15 is 0 Å². The molecule has 1 aromatic rings. The predicted octanol–water partition coefficient (Wildman–Crippen LogP) is 1.09. The lowest BCUT2D eigenvalue weighted by atomic mass is 9.94. The molecule has 0 aromatic heterocycles. The lowest BCUT2D eigenvalue weighted by Crippen LogP contribution is -2.56. The number of amides is 1. The fraction of sp³-hybridized carbons (Fsp3) is 0.611. The van der Waals surface area contributed by atoms with Crippen LogP contribution in [0.15, 0.2) is 24.3 Å². The van der Waals surface area contributed by atoms with Crippen LogP contribution in [0.5, 0.6) is 0 Å². The van der Waals surface area contributed by atoms with Gasteiger partial charge in [0, 0.05) is 32.2 Å². The van der Waals surface area contributed by atoms with Gasteiger partial charge in [-0.05, 0) is 43.9 Å². The van der Waals surface area contributed by atoms with E-state index in [9.17, 15) is 19.4 Å². The Morgan fingerprint density at radius 2 is 1.79 bits per heavy atom. The highest BCUT2D eigenvalue weighted by Gasteiger charge is 2.39. The summed E-state index contributed by atoms with van der Waals surface area (Å²) in [7, 11) is 0. The molecule has 2 N–H and O–H groups in total. The molecule has 1 aliphatic carbocycles. The van der Waals surface area contributed by atoms with Gasteiger partial charge in [0.25, 0.3) is 5.91 Å². The number of rotatable bonds is 3. The van der Waals surface area contributed by atoms with Crippen LogP contribution in [0.25, 0.3) is 0 Å². The number of carbonyl (C=O) groups excluding carboxylic acids is 1. The molecule has 2 aliphatic rings. The second-order valence-electron chi connectivity index (χ2n) is 6.97. The van der Waals surface area contributed by atoms with Crippen LogP contribution in [0.1, 0.15) is 31.7 Å². The molecule has 6 heteroatoms. The summed E-state index contributed by atoms with van der Waals surface area (Å²) in [6, 6.07) is 5.57. The molecule has 132 valence electrons. The second kappa shape index (κ2) is 6.78. The number of benzene rings is 1. The molecule has 3 atom stereocenters. The Hall–Kier alpha value is -1.50. The lowest BCUT2D eigenvalue weighted by Gasteiger charge is -2.41. The molecule has 3 rings (SSSR count). The summed E-state index contributed by atoms with van der Waals surface area (Å²) in [4.78, 5) is 16.6. The van der Waals surface area contributed by atoms with Gasteiger partial charge in [-0.15, -0.1) is 0 Å². The van der Waals surface area contributed by atoms with Crippen molar-refractivity contribution in [1.82, 2.24) is 9.80 Å². The van der Waals surface area contributed by atoms with Gasteiger partial charge in [0.2, 0.25) is 0 Å². The van der Waals surface area contributed by atoms with E-state index in [4.69, 9.17) is 0 Å². The number of nitrogens with zero attached hydrogens (tertiary/aromatic N) is 2. The summed E-state index contributed by atoms with van der Waals surface area (Å²) < 4.78 is 13.1. The van der Waals surface area contributed by atoms with Crippen LogP contribution in [0.3, 0.4) is 0 Å². The molecule has 1 amide bonds. The second-order valence-corrected chi connectivity index (χ2v) is 6.97. The lowest BCUT2D eigenvalue weighted by molar-refractivity contribution is -0.153. The van der Waals surface area contributed by atoms with Gasteiger partial charge < -0.3 is 15.1 Å². The van der Waals surface area contributed by atoms with Crippen molar-refractivity contribution in [3.63, 3.8) is 0 Å². The Kier molecular flexibility index (Phi) is 4.90. The quantitative estimate of drug-likeness (QED) is 0.867. The number of aliphatic hydroxyl groups is 2. The summed E-state index contributed by atoms with van der Waals surface area (Å²) in [6.45, 7) is 3.91. The molecule has 0 bridgehead atoms. The van der Waals surface area contributed by atoms with E-state index in [-0.39, 0.29) is 18.1 Å². The highest BCUT2D eigenvalue weighted by molar-refractivity contribution is 5.86. The van der Waals surface area contributed by atoms with Crippen molar-refractivity contribution in [2.75, 3.05) is 26.2 Å². The molecule has 0 radical (unpaired) electrons. The predicted molar refractivity (Wildman–Crippen MR) is 87.8 cm³/mol. The molecule has 1 heterocycles. The Morgan fingerprint density at radius 3 is 2.33 bits per heavy atom. The SMILES string of the molecule is CC(O)(C(=O)N1CCN(C2CCCC2O)CC1)c1ccc(F)cc1. The van der Waals surface area contributed by atoms with E-state index in [0.29, 0.717) is 31.7 Å². The van der Waals surface area contributed by atoms with Crippen molar-refractivity contribution in [2.45, 2.75) is 43.9 Å². The van der Waals surface area contributed by atoms with Crippen LogP contribution in [0.2, 0.25) is 0 Å². The zero-order valence-corrected chi connectivity index (χ0v) is 14.0. The van der Waals surface area contributed by atoms with Crippen molar-refractivity contribution in [3.05, 3.63) is 35.6 Å². The van der Waals surface area contributed by atoms with Gasteiger partial charge in [-0.1, -0.05) is 12.1 Å². The third kappa shape index (κ3) is 3.31. The fourth-order valence-corrected chi connectivity index (χ4v) is 3.81. The van der Waals surface area contributed by atoms with Gasteiger partial charge in [0.1, 0.15) is 5.82 Å². The van der Waals surface area contributed by atoms with Gasteiger partial charge >= 0.3 is 0 Å². The summed E-state index contributed by atoms with van der Waals surface area (Å²) in [5, 5.41) is 20.7. The van der Waals surface area contributed by atoms with E-state index in [1.807, 2.05) is 0 Å². The van der Waals surface area contributed by atoms with Crippen molar-refractivity contribution >= 4 is 5.91 Å². The van der Waals surface area contributed by atoms with Crippen molar-refractivity contribution in [2.24, 2.45) is 0 Å². The van der Waals surface area contributed by atoms with Gasteiger partial charge in [-0.3, -0.25) is 9.69 Å². The highest BCUT2D eigenvalue weighted by Crippen LogP contribution is 2.27. The molecule has 0 spiro atoms. The number of hydrogen-bond acceptors (Lipinski definition) is 4. The molecule has 1 saturated heterocycles. The van der Waals surface area contributed by atoms with Crippen LogP contribution in [0.4, 0.5) is 4.39 Å². The van der Waals surface area contributed by atoms with Crippen molar-refractivity contribution in [1.29, 1.82) is 0 Å². The standard InChI is InChI=1S/C18H25FN2O3/c1-18(24,13-5-7-14(19)8-6-13)17(23)21-11-9-20(10-12-21)15-3-2-4-16(15)22/h5-8,15-16,22,24H,2-4,9-12H2,1H3. The van der Waals surface area contributed by atoms with Crippen molar-refractivity contribution in [3.8, 4) is 0 Å². The number of piperazine rings is 1. The average Bonchev–Trinajstić information content (AvgIpc) is 3.01. The largest absolute Gasteiger partial charge is 0.391 e. The van der Waals surface area contributed by atoms with Crippen LogP contribution < -0.4 is 0 Å².